The minimum Gasteiger partial charge on any atom is -0.476 e. The second-order valence-corrected chi connectivity index (χ2v) is 20.1. The predicted octanol–water partition coefficient (Wildman–Crippen LogP) is 9.74. The normalized spacial score (nSPS) is 11.8. The molecule has 17 heteroatoms. The summed E-state index contributed by atoms with van der Waals surface area (Å²) in [6.45, 7) is 10.4. The number of nitrogens with two attached hydrogens (primary N) is 1. The number of benzene rings is 4. The van der Waals surface area contributed by atoms with Crippen LogP contribution in [0.5, 0.6) is 0 Å². The Morgan fingerprint density at radius 3 is 1.31 bits per heavy atom. The van der Waals surface area contributed by atoms with Gasteiger partial charge in [-0.3, -0.25) is 14.2 Å². The maximum atomic E-state index is 12.4. The highest BCUT2D eigenvalue weighted by molar-refractivity contribution is 7.91. The van der Waals surface area contributed by atoms with Crippen LogP contribution in [0.15, 0.2) is 119 Å². The molecular formula is C47H54F3N5O7S2. The van der Waals surface area contributed by atoms with Gasteiger partial charge in [0.25, 0.3) is 0 Å². The summed E-state index contributed by atoms with van der Waals surface area (Å²) in [6, 6.07) is 32.7. The summed E-state index contributed by atoms with van der Waals surface area (Å²) in [5.41, 5.74) is 11.6. The van der Waals surface area contributed by atoms with Crippen LogP contribution >= 0.6 is 0 Å². The number of halogens is 3. The Morgan fingerprint density at radius 1 is 0.625 bits per heavy atom. The van der Waals surface area contributed by atoms with Crippen LogP contribution in [0, 0.1) is 11.8 Å². The van der Waals surface area contributed by atoms with Gasteiger partial charge in [0.15, 0.2) is 31.2 Å². The number of carbonyl (C=O) groups excluding carboxylic acids is 1. The fourth-order valence-corrected chi connectivity index (χ4v) is 7.68. The van der Waals surface area contributed by atoms with E-state index in [0.29, 0.717) is 35.4 Å². The Morgan fingerprint density at radius 2 is 0.984 bits per heavy atom. The predicted molar refractivity (Wildman–Crippen MR) is 243 cm³/mol. The van der Waals surface area contributed by atoms with E-state index in [1.807, 2.05) is 92.2 Å². The summed E-state index contributed by atoms with van der Waals surface area (Å²) >= 11 is 0. The maximum absolute atomic E-state index is 12.4. The van der Waals surface area contributed by atoms with Crippen LogP contribution in [0.2, 0.25) is 0 Å². The molecule has 0 fully saturated rings. The molecule has 0 unspecified atom stereocenters. The van der Waals surface area contributed by atoms with E-state index >= 15 is 0 Å². The SMILES string of the molecule is CC(C)Cn1nc(C(=O)O)cc1-c1ccc(-c2cccc(S(C)(=O)=O)c2)cc1.CCCC(=O)c1cc(-c2ccc(-c3cccc(S(C)(=O)=O)c3)cc2)n(CC(C)C)n1.NCC(F)(F)F. The Hall–Kier alpha value is -5.91. The highest BCUT2D eigenvalue weighted by Crippen LogP contribution is 2.30. The van der Waals surface area contributed by atoms with Gasteiger partial charge in [-0.05, 0) is 88.0 Å². The highest BCUT2D eigenvalue weighted by Gasteiger charge is 2.23. The lowest BCUT2D eigenvalue weighted by Gasteiger charge is -2.11. The van der Waals surface area contributed by atoms with Gasteiger partial charge in [-0.25, -0.2) is 21.6 Å². The Bertz CT molecular complexity index is 2760. The van der Waals surface area contributed by atoms with Crippen molar-refractivity contribution in [1.82, 2.24) is 19.6 Å². The number of ketones is 1. The number of rotatable bonds is 14. The molecule has 64 heavy (non-hydrogen) atoms. The average Bonchev–Trinajstić information content (AvgIpc) is 3.85. The van der Waals surface area contributed by atoms with E-state index in [9.17, 15) is 44.7 Å². The maximum Gasteiger partial charge on any atom is 0.400 e. The molecule has 0 saturated heterocycles. The van der Waals surface area contributed by atoms with Gasteiger partial charge in [0.1, 0.15) is 5.69 Å². The molecule has 0 saturated carbocycles. The molecule has 6 rings (SSSR count). The Kier molecular flexibility index (Phi) is 17.2. The molecule has 0 spiro atoms. The van der Waals surface area contributed by atoms with Gasteiger partial charge in [-0.15, -0.1) is 0 Å². The van der Waals surface area contributed by atoms with Crippen molar-refractivity contribution in [3.63, 3.8) is 0 Å². The zero-order chi connectivity index (χ0) is 47.6. The Balaban J connectivity index is 0.000000249. The lowest BCUT2D eigenvalue weighted by atomic mass is 10.0. The van der Waals surface area contributed by atoms with Crippen molar-refractivity contribution in [1.29, 1.82) is 0 Å². The first-order valence-corrected chi connectivity index (χ1v) is 24.2. The standard InChI is InChI=1S/C24H28N2O3S.C21H22N2O4S.C2H4F3N/c1-5-7-24(27)22-15-23(26(25-22)16-17(2)3)19-12-10-18(11-13-19)20-8-6-9-21(14-20)30(4,28)29;1-14(2)13-23-20(12-19(22-23)21(24)25)16-9-7-15(8-10-16)17-5-4-6-18(11-17)28(3,26)27;3-2(4,5)1-6/h6,8-15,17H,5,7,16H2,1-4H3;4-12,14H,13H2,1-3H3,(H,24,25);1,6H2. The molecular weight excluding hydrogens is 868 g/mol. The molecule has 342 valence electrons. The number of carboxylic acid groups (broad SMARTS) is 1. The van der Waals surface area contributed by atoms with Gasteiger partial charge in [-0.2, -0.15) is 23.4 Å². The van der Waals surface area contributed by atoms with Crippen molar-refractivity contribution in [2.45, 2.75) is 76.5 Å². The average molecular weight is 922 g/mol. The molecule has 12 nitrogen and oxygen atoms in total. The number of aromatic carboxylic acids is 1. The summed E-state index contributed by atoms with van der Waals surface area (Å²) in [5.74, 6) is -0.275. The number of carboxylic acids is 1. The molecule has 2 aromatic heterocycles. The molecule has 0 bridgehead atoms. The molecule has 0 aliphatic carbocycles. The van der Waals surface area contributed by atoms with Gasteiger partial charge in [0.2, 0.25) is 0 Å². The van der Waals surface area contributed by atoms with Crippen LogP contribution in [0.3, 0.4) is 0 Å². The number of aromatic nitrogens is 4. The third kappa shape index (κ3) is 14.6. The molecule has 2 heterocycles. The topological polar surface area (TPSA) is 184 Å². The summed E-state index contributed by atoms with van der Waals surface area (Å²) in [7, 11) is -6.53. The number of hydrogen-bond donors (Lipinski definition) is 2. The molecule has 0 radical (unpaired) electrons. The van der Waals surface area contributed by atoms with Crippen LogP contribution in [0.1, 0.15) is 68.4 Å². The fraction of sp³-hybridized carbons (Fsp3) is 0.319. The molecule has 0 aliphatic rings. The zero-order valence-corrected chi connectivity index (χ0v) is 38.4. The molecule has 4 aromatic carbocycles. The van der Waals surface area contributed by atoms with Crippen molar-refractivity contribution in [2.24, 2.45) is 17.6 Å². The first-order valence-electron chi connectivity index (χ1n) is 20.4. The van der Waals surface area contributed by atoms with Gasteiger partial charge >= 0.3 is 12.1 Å². The molecule has 0 amide bonds. The number of nitrogens with zero attached hydrogens (tertiary/aromatic N) is 4. The van der Waals surface area contributed by atoms with Gasteiger partial charge in [0.05, 0.1) is 27.7 Å². The van der Waals surface area contributed by atoms with E-state index < -0.39 is 38.4 Å². The minimum absolute atomic E-state index is 0.0144. The third-order valence-corrected chi connectivity index (χ3v) is 11.6. The Labute approximate surface area is 372 Å². The summed E-state index contributed by atoms with van der Waals surface area (Å²) in [6.07, 6.45) is -0.492. The molecule has 0 atom stereocenters. The van der Waals surface area contributed by atoms with Gasteiger partial charge in [-0.1, -0.05) is 107 Å². The number of alkyl halides is 3. The molecule has 6 aromatic rings. The minimum atomic E-state index is -4.18. The lowest BCUT2D eigenvalue weighted by Crippen LogP contribution is -2.21. The van der Waals surface area contributed by atoms with E-state index in [4.69, 9.17) is 0 Å². The van der Waals surface area contributed by atoms with Crippen molar-refractivity contribution in [3.05, 3.63) is 121 Å². The van der Waals surface area contributed by atoms with Crippen LogP contribution in [0.4, 0.5) is 13.2 Å². The van der Waals surface area contributed by atoms with E-state index in [0.717, 1.165) is 57.7 Å². The molecule has 0 aliphatic heterocycles. The van der Waals surface area contributed by atoms with Gasteiger partial charge < -0.3 is 10.8 Å². The summed E-state index contributed by atoms with van der Waals surface area (Å²) in [4.78, 5) is 24.2. The summed E-state index contributed by atoms with van der Waals surface area (Å²) < 4.78 is 82.9. The van der Waals surface area contributed by atoms with Crippen molar-refractivity contribution in [3.8, 4) is 44.8 Å². The van der Waals surface area contributed by atoms with E-state index in [2.05, 4.69) is 29.8 Å². The number of sulfone groups is 2. The third-order valence-electron chi connectivity index (χ3n) is 9.40. The second kappa shape index (κ2) is 21.6. The first-order chi connectivity index (χ1) is 29.9. The van der Waals surface area contributed by atoms with Crippen molar-refractivity contribution in [2.75, 3.05) is 19.1 Å². The number of hydrogen-bond acceptors (Lipinski definition) is 9. The quantitative estimate of drug-likeness (QED) is 0.0997. The van der Waals surface area contributed by atoms with Gasteiger partial charge in [0, 0.05) is 32.0 Å². The largest absolute Gasteiger partial charge is 0.476 e. The fourth-order valence-electron chi connectivity index (χ4n) is 6.34. The second-order valence-electron chi connectivity index (χ2n) is 16.0. The highest BCUT2D eigenvalue weighted by atomic mass is 32.2. The smallest absolute Gasteiger partial charge is 0.400 e. The van der Waals surface area contributed by atoms with Crippen LogP contribution < -0.4 is 5.73 Å². The molecule has 3 N–H and O–H groups in total. The number of carbonyl (C=O) groups is 2. The zero-order valence-electron chi connectivity index (χ0n) is 36.8. The number of Topliss-reactive ketones (excluding diaryl/α,β-unsaturated/α-hetero) is 1. The summed E-state index contributed by atoms with van der Waals surface area (Å²) in [5, 5.41) is 18.0. The van der Waals surface area contributed by atoms with Crippen molar-refractivity contribution < 1.29 is 44.7 Å². The monoisotopic (exact) mass is 921 g/mol. The van der Waals surface area contributed by atoms with Crippen molar-refractivity contribution >= 4 is 31.4 Å². The van der Waals surface area contributed by atoms with Crippen LogP contribution in [0.25, 0.3) is 44.8 Å². The van der Waals surface area contributed by atoms with Crippen LogP contribution in [-0.4, -0.2) is 78.5 Å². The lowest BCUT2D eigenvalue weighted by molar-refractivity contribution is -0.118. The van der Waals surface area contributed by atoms with E-state index in [1.54, 1.807) is 47.1 Å². The first kappa shape index (κ1) is 50.7. The van der Waals surface area contributed by atoms with E-state index in [1.165, 1.54) is 12.5 Å². The van der Waals surface area contributed by atoms with Crippen LogP contribution in [-0.2, 0) is 32.8 Å². The van der Waals surface area contributed by atoms with E-state index in [-0.39, 0.29) is 16.4 Å².